The van der Waals surface area contributed by atoms with Gasteiger partial charge in [0, 0.05) is 17.0 Å². The topological polar surface area (TPSA) is 46.1 Å². The van der Waals surface area contributed by atoms with Gasteiger partial charge in [0.15, 0.2) is 0 Å². The van der Waals surface area contributed by atoms with E-state index < -0.39 is 0 Å². The number of nitrogens with zero attached hydrogens (tertiary/aromatic N) is 3. The van der Waals surface area contributed by atoms with Gasteiger partial charge in [0.2, 0.25) is 0 Å². The summed E-state index contributed by atoms with van der Waals surface area (Å²) in [5.41, 5.74) is 4.16. The summed E-state index contributed by atoms with van der Waals surface area (Å²) in [6.45, 7) is 4.72. The molecule has 0 spiro atoms. The summed E-state index contributed by atoms with van der Waals surface area (Å²) in [4.78, 5) is 25.4. The zero-order valence-corrected chi connectivity index (χ0v) is 14.6. The molecule has 2 aromatic heterocycles. The third kappa shape index (κ3) is 2.59. The number of carbonyl (C=O) groups excluding carboxylic acids is 1. The maximum absolute atomic E-state index is 13.0. The molecule has 0 unspecified atom stereocenters. The Labute approximate surface area is 145 Å². The molecule has 0 aliphatic carbocycles. The van der Waals surface area contributed by atoms with E-state index in [2.05, 4.69) is 27.5 Å². The van der Waals surface area contributed by atoms with E-state index in [0.717, 1.165) is 41.8 Å². The van der Waals surface area contributed by atoms with Crippen molar-refractivity contribution in [2.75, 3.05) is 6.54 Å². The number of aryl methyl sites for hydroxylation is 2. The van der Waals surface area contributed by atoms with Crippen molar-refractivity contribution in [3.05, 3.63) is 57.5 Å². The molecule has 3 aromatic rings. The van der Waals surface area contributed by atoms with Crippen molar-refractivity contribution >= 4 is 28.3 Å². The minimum Gasteiger partial charge on any atom is -0.331 e. The highest BCUT2D eigenvalue weighted by atomic mass is 32.1. The summed E-state index contributed by atoms with van der Waals surface area (Å²) in [5, 5.41) is 2.08. The molecule has 1 aliphatic rings. The highest BCUT2D eigenvalue weighted by molar-refractivity contribution is 7.10. The van der Waals surface area contributed by atoms with Crippen LogP contribution in [0.4, 0.5) is 0 Å². The number of rotatable bonds is 2. The van der Waals surface area contributed by atoms with Crippen molar-refractivity contribution in [1.82, 2.24) is 14.9 Å². The Balaban J connectivity index is 1.69. The lowest BCUT2D eigenvalue weighted by molar-refractivity contribution is 0.0738. The smallest absolute Gasteiger partial charge is 0.254 e. The first kappa shape index (κ1) is 15.3. The van der Waals surface area contributed by atoms with Crippen LogP contribution >= 0.6 is 11.3 Å². The van der Waals surface area contributed by atoms with Crippen LogP contribution in [0.5, 0.6) is 0 Å². The lowest BCUT2D eigenvalue weighted by atomic mass is 10.1. The van der Waals surface area contributed by atoms with Crippen molar-refractivity contribution in [1.29, 1.82) is 0 Å². The average Bonchev–Trinajstić information content (AvgIpc) is 3.25. The van der Waals surface area contributed by atoms with Crippen molar-refractivity contribution < 1.29 is 4.79 Å². The van der Waals surface area contributed by atoms with Crippen molar-refractivity contribution in [3.63, 3.8) is 0 Å². The summed E-state index contributed by atoms with van der Waals surface area (Å²) in [7, 11) is 0. The van der Waals surface area contributed by atoms with Gasteiger partial charge in [0.05, 0.1) is 28.5 Å². The normalized spacial score (nSPS) is 17.6. The summed E-state index contributed by atoms with van der Waals surface area (Å²) in [6.07, 6.45) is 2.10. The van der Waals surface area contributed by atoms with Crippen molar-refractivity contribution in [2.45, 2.75) is 32.7 Å². The number of thiophene rings is 1. The van der Waals surface area contributed by atoms with E-state index in [-0.39, 0.29) is 11.9 Å². The zero-order chi connectivity index (χ0) is 16.7. The van der Waals surface area contributed by atoms with Crippen LogP contribution in [0.3, 0.4) is 0 Å². The average molecular weight is 337 g/mol. The van der Waals surface area contributed by atoms with Gasteiger partial charge in [0.1, 0.15) is 0 Å². The molecule has 4 nitrogen and oxygen atoms in total. The third-order valence-electron chi connectivity index (χ3n) is 4.71. The van der Waals surface area contributed by atoms with Gasteiger partial charge in [-0.3, -0.25) is 4.79 Å². The fourth-order valence-electron chi connectivity index (χ4n) is 3.32. The predicted molar refractivity (Wildman–Crippen MR) is 96.3 cm³/mol. The number of aromatic nitrogens is 2. The number of carbonyl (C=O) groups is 1. The van der Waals surface area contributed by atoms with Gasteiger partial charge in [-0.2, -0.15) is 0 Å². The van der Waals surface area contributed by atoms with Crippen LogP contribution in [0.2, 0.25) is 0 Å². The molecule has 1 aliphatic heterocycles. The summed E-state index contributed by atoms with van der Waals surface area (Å²) >= 11 is 1.73. The molecule has 0 radical (unpaired) electrons. The monoisotopic (exact) mass is 337 g/mol. The largest absolute Gasteiger partial charge is 0.331 e. The van der Waals surface area contributed by atoms with Gasteiger partial charge in [0.25, 0.3) is 5.91 Å². The first-order chi connectivity index (χ1) is 11.6. The number of fused-ring (bicyclic) bond motifs is 1. The Bertz CT molecular complexity index is 904. The maximum atomic E-state index is 13.0. The maximum Gasteiger partial charge on any atom is 0.254 e. The van der Waals surface area contributed by atoms with Crippen molar-refractivity contribution in [2.24, 2.45) is 0 Å². The van der Waals surface area contributed by atoms with E-state index in [1.54, 1.807) is 11.3 Å². The Morgan fingerprint density at radius 3 is 2.71 bits per heavy atom. The highest BCUT2D eigenvalue weighted by Crippen LogP contribution is 2.35. The van der Waals surface area contributed by atoms with Crippen LogP contribution in [-0.4, -0.2) is 27.3 Å². The Hall–Kier alpha value is -2.27. The van der Waals surface area contributed by atoms with Gasteiger partial charge < -0.3 is 4.90 Å². The molecule has 4 rings (SSSR count). The number of benzene rings is 1. The van der Waals surface area contributed by atoms with Crippen LogP contribution in [0, 0.1) is 13.8 Å². The van der Waals surface area contributed by atoms with Crippen LogP contribution in [-0.2, 0) is 0 Å². The van der Waals surface area contributed by atoms with Crippen LogP contribution in [0.1, 0.15) is 45.5 Å². The highest BCUT2D eigenvalue weighted by Gasteiger charge is 2.31. The Morgan fingerprint density at radius 1 is 1.17 bits per heavy atom. The molecular weight excluding hydrogens is 318 g/mol. The minimum atomic E-state index is 0.0906. The van der Waals surface area contributed by atoms with Crippen molar-refractivity contribution in [3.8, 4) is 0 Å². The summed E-state index contributed by atoms with van der Waals surface area (Å²) in [5.74, 6) is 0.0906. The molecule has 1 saturated heterocycles. The standard InChI is InChI=1S/C19H19N3OS/c1-12-13(2)21-16-11-14(7-8-15(16)20-12)19(23)22-9-3-5-17(22)18-6-4-10-24-18/h4,6-8,10-11,17H,3,5,9H2,1-2H3/t17-/m1/s1. The molecule has 3 heterocycles. The molecule has 24 heavy (non-hydrogen) atoms. The zero-order valence-electron chi connectivity index (χ0n) is 13.8. The van der Waals surface area contributed by atoms with E-state index in [1.807, 2.05) is 36.9 Å². The van der Waals surface area contributed by atoms with Gasteiger partial charge in [-0.05, 0) is 56.3 Å². The Kier molecular flexibility index (Phi) is 3.81. The number of amides is 1. The molecule has 0 N–H and O–H groups in total. The summed E-state index contributed by atoms with van der Waals surface area (Å²) in [6, 6.07) is 10.0. The van der Waals surface area contributed by atoms with E-state index in [1.165, 1.54) is 4.88 Å². The van der Waals surface area contributed by atoms with E-state index in [4.69, 9.17) is 0 Å². The van der Waals surface area contributed by atoms with Gasteiger partial charge in [-0.15, -0.1) is 11.3 Å². The van der Waals surface area contributed by atoms with E-state index in [0.29, 0.717) is 5.56 Å². The first-order valence-electron chi connectivity index (χ1n) is 8.23. The summed E-state index contributed by atoms with van der Waals surface area (Å²) < 4.78 is 0. The Morgan fingerprint density at radius 2 is 1.96 bits per heavy atom. The molecule has 1 atom stereocenters. The molecule has 122 valence electrons. The molecule has 1 aromatic carbocycles. The molecule has 1 fully saturated rings. The minimum absolute atomic E-state index is 0.0906. The molecule has 0 saturated carbocycles. The lowest BCUT2D eigenvalue weighted by Gasteiger charge is -2.24. The molecule has 0 bridgehead atoms. The second-order valence-corrected chi connectivity index (χ2v) is 7.25. The predicted octanol–water partition coefficient (Wildman–Crippen LogP) is 4.29. The third-order valence-corrected chi connectivity index (χ3v) is 5.68. The number of hydrogen-bond acceptors (Lipinski definition) is 4. The fourth-order valence-corrected chi connectivity index (χ4v) is 4.19. The SMILES string of the molecule is Cc1nc2ccc(C(=O)N3CCC[C@@H]3c3cccs3)cc2nc1C. The fraction of sp³-hybridized carbons (Fsp3) is 0.316. The molecule has 1 amide bonds. The van der Waals surface area contributed by atoms with E-state index in [9.17, 15) is 4.79 Å². The molecule has 5 heteroatoms. The van der Waals surface area contributed by atoms with Gasteiger partial charge in [-0.25, -0.2) is 9.97 Å². The first-order valence-corrected chi connectivity index (χ1v) is 9.11. The second-order valence-electron chi connectivity index (χ2n) is 6.27. The molecular formula is C19H19N3OS. The number of hydrogen-bond donors (Lipinski definition) is 0. The quantitative estimate of drug-likeness (QED) is 0.701. The van der Waals surface area contributed by atoms with Crippen LogP contribution in [0.15, 0.2) is 35.7 Å². The number of likely N-dealkylation sites (tertiary alicyclic amines) is 1. The van der Waals surface area contributed by atoms with Gasteiger partial charge in [-0.1, -0.05) is 6.07 Å². The van der Waals surface area contributed by atoms with Gasteiger partial charge >= 0.3 is 0 Å². The van der Waals surface area contributed by atoms with Crippen LogP contribution in [0.25, 0.3) is 11.0 Å². The van der Waals surface area contributed by atoms with Crippen LogP contribution < -0.4 is 0 Å². The second kappa shape index (κ2) is 5.98. The lowest BCUT2D eigenvalue weighted by Crippen LogP contribution is -2.30. The van der Waals surface area contributed by atoms with E-state index >= 15 is 0 Å².